The molecule has 35 heavy (non-hydrogen) atoms. The fourth-order valence-electron chi connectivity index (χ4n) is 6.86. The predicted octanol–water partition coefficient (Wildman–Crippen LogP) is 10.2. The number of benzene rings is 2. The van der Waals surface area contributed by atoms with E-state index in [1.165, 1.54) is 43.1 Å². The van der Waals surface area contributed by atoms with Crippen molar-refractivity contribution in [1.82, 2.24) is 0 Å². The van der Waals surface area contributed by atoms with E-state index in [2.05, 4.69) is 136 Å². The maximum Gasteiger partial charge on any atom is 0.0743 e. The summed E-state index contributed by atoms with van der Waals surface area (Å²) in [6, 6.07) is 22.0. The van der Waals surface area contributed by atoms with Crippen molar-refractivity contribution in [2.45, 2.75) is 51.9 Å². The quantitative estimate of drug-likeness (QED) is 0.240. The minimum Gasteiger partial charge on any atom is -0.144 e. The Hall–Kier alpha value is -2.46. The van der Waals surface area contributed by atoms with Crippen LogP contribution in [0.3, 0.4) is 0 Å². The molecule has 2 aromatic heterocycles. The lowest BCUT2D eigenvalue weighted by Gasteiger charge is -2.37. The van der Waals surface area contributed by atoms with E-state index in [1.807, 2.05) is 0 Å². The highest BCUT2D eigenvalue weighted by Crippen LogP contribution is 2.58. The monoisotopic (exact) mass is 508 g/mol. The van der Waals surface area contributed by atoms with Crippen molar-refractivity contribution in [3.05, 3.63) is 102 Å². The molecule has 2 aliphatic rings. The SMILES string of the molecule is CC1=Cc2c(sc(C)c2-c2ccccc2)C1[Si](C)(C)C1C(C)=Cc2c1sc(C)c2-c1ccccc1. The lowest BCUT2D eigenvalue weighted by Crippen LogP contribution is -2.41. The molecule has 6 rings (SSSR count). The largest absolute Gasteiger partial charge is 0.144 e. The van der Waals surface area contributed by atoms with Crippen LogP contribution in [0.4, 0.5) is 0 Å². The van der Waals surface area contributed by atoms with Gasteiger partial charge < -0.3 is 0 Å². The Morgan fingerprint density at radius 1 is 0.571 bits per heavy atom. The summed E-state index contributed by atoms with van der Waals surface area (Å²) in [6.07, 6.45) is 5.04. The van der Waals surface area contributed by atoms with Crippen LogP contribution in [0.5, 0.6) is 0 Å². The van der Waals surface area contributed by atoms with E-state index < -0.39 is 8.07 Å². The summed E-state index contributed by atoms with van der Waals surface area (Å²) in [7, 11) is -1.80. The topological polar surface area (TPSA) is 0 Å². The second-order valence-corrected chi connectivity index (χ2v) is 18.1. The van der Waals surface area contributed by atoms with Crippen molar-refractivity contribution < 1.29 is 0 Å². The van der Waals surface area contributed by atoms with E-state index >= 15 is 0 Å². The average Bonchev–Trinajstić information content (AvgIpc) is 3.50. The first-order valence-corrected chi connectivity index (χ1v) is 17.3. The second kappa shape index (κ2) is 8.30. The van der Waals surface area contributed by atoms with Crippen LogP contribution in [0, 0.1) is 13.8 Å². The molecule has 0 spiro atoms. The molecule has 2 aliphatic carbocycles. The van der Waals surface area contributed by atoms with Gasteiger partial charge in [-0.25, -0.2) is 0 Å². The smallest absolute Gasteiger partial charge is 0.0743 e. The van der Waals surface area contributed by atoms with Crippen molar-refractivity contribution in [3.8, 4) is 22.3 Å². The van der Waals surface area contributed by atoms with Gasteiger partial charge in [-0.05, 0) is 49.9 Å². The van der Waals surface area contributed by atoms with Crippen LogP contribution in [0.1, 0.15) is 55.6 Å². The molecule has 176 valence electrons. The Morgan fingerprint density at radius 2 is 0.943 bits per heavy atom. The zero-order valence-electron chi connectivity index (χ0n) is 21.4. The van der Waals surface area contributed by atoms with E-state index in [0.717, 1.165) is 0 Å². The second-order valence-electron chi connectivity index (χ2n) is 10.8. The van der Waals surface area contributed by atoms with Gasteiger partial charge in [-0.2, -0.15) is 0 Å². The minimum atomic E-state index is -1.80. The molecule has 0 amide bonds. The minimum absolute atomic E-state index is 0.570. The van der Waals surface area contributed by atoms with Crippen LogP contribution >= 0.6 is 22.7 Å². The van der Waals surface area contributed by atoms with Gasteiger partial charge in [0, 0.05) is 41.7 Å². The number of thiophene rings is 2. The summed E-state index contributed by atoms with van der Waals surface area (Å²) in [5.74, 6) is 0. The molecule has 2 unspecified atom stereocenters. The Balaban J connectivity index is 1.46. The maximum absolute atomic E-state index is 2.65. The summed E-state index contributed by atoms with van der Waals surface area (Å²) >= 11 is 4.10. The van der Waals surface area contributed by atoms with Crippen molar-refractivity contribution in [3.63, 3.8) is 0 Å². The number of allylic oxidation sites excluding steroid dienone is 2. The lowest BCUT2D eigenvalue weighted by atomic mass is 10.0. The predicted molar refractivity (Wildman–Crippen MR) is 159 cm³/mol. The van der Waals surface area contributed by atoms with Gasteiger partial charge in [-0.1, -0.05) is 97.1 Å². The first kappa shape index (κ1) is 23.0. The summed E-state index contributed by atoms with van der Waals surface area (Å²) < 4.78 is 0. The molecule has 2 aromatic carbocycles. The van der Waals surface area contributed by atoms with Crippen LogP contribution in [-0.4, -0.2) is 8.07 Å². The average molecular weight is 509 g/mol. The third-order valence-electron chi connectivity index (χ3n) is 8.09. The number of rotatable bonds is 4. The Kier molecular flexibility index (Phi) is 5.44. The highest BCUT2D eigenvalue weighted by Gasteiger charge is 2.49. The molecule has 3 heteroatoms. The highest BCUT2D eigenvalue weighted by molar-refractivity contribution is 7.15. The first-order chi connectivity index (χ1) is 16.8. The highest BCUT2D eigenvalue weighted by atomic mass is 32.1. The fraction of sp³-hybridized carbons (Fsp3) is 0.250. The zero-order chi connectivity index (χ0) is 24.5. The van der Waals surface area contributed by atoms with E-state index in [1.54, 1.807) is 20.9 Å². The summed E-state index contributed by atoms with van der Waals surface area (Å²) in [5, 5.41) is 0. The van der Waals surface area contributed by atoms with Crippen molar-refractivity contribution in [2.75, 3.05) is 0 Å². The lowest BCUT2D eigenvalue weighted by molar-refractivity contribution is 0.994. The first-order valence-electron chi connectivity index (χ1n) is 12.5. The number of aryl methyl sites for hydroxylation is 2. The Labute approximate surface area is 218 Å². The van der Waals surface area contributed by atoms with E-state index in [0.29, 0.717) is 11.1 Å². The van der Waals surface area contributed by atoms with Gasteiger partial charge >= 0.3 is 0 Å². The molecule has 0 bridgehead atoms. The maximum atomic E-state index is 2.65. The zero-order valence-corrected chi connectivity index (χ0v) is 24.0. The van der Waals surface area contributed by atoms with Gasteiger partial charge in [-0.3, -0.25) is 0 Å². The normalized spacial score (nSPS) is 18.9. The molecule has 0 radical (unpaired) electrons. The molecular formula is C32H32S2Si. The molecule has 0 aliphatic heterocycles. The van der Waals surface area contributed by atoms with Crippen molar-refractivity contribution in [1.29, 1.82) is 0 Å². The standard InChI is InChI=1S/C32H32S2Si/c1-19-17-25-27(23-13-9-7-10-14-23)21(3)33-29(25)31(19)35(5,6)32-20(2)18-26-28(22(4)34-30(26)32)24-15-11-8-12-16-24/h7-18,31-32H,1-6H3. The summed E-state index contributed by atoms with van der Waals surface area (Å²) in [4.78, 5) is 6.15. The number of hydrogen-bond donors (Lipinski definition) is 0. The molecular weight excluding hydrogens is 477 g/mol. The Morgan fingerprint density at radius 3 is 1.31 bits per heavy atom. The van der Waals surface area contributed by atoms with Gasteiger partial charge in [0.2, 0.25) is 0 Å². The van der Waals surface area contributed by atoms with E-state index in [4.69, 9.17) is 0 Å². The third kappa shape index (κ3) is 3.43. The number of fused-ring (bicyclic) bond motifs is 2. The molecule has 0 nitrogen and oxygen atoms in total. The molecule has 2 atom stereocenters. The molecule has 0 fully saturated rings. The van der Waals surface area contributed by atoms with Crippen LogP contribution in [0.2, 0.25) is 13.1 Å². The summed E-state index contributed by atoms with van der Waals surface area (Å²) in [5.41, 5.74) is 12.9. The molecule has 0 N–H and O–H groups in total. The van der Waals surface area contributed by atoms with Gasteiger partial charge in [0.15, 0.2) is 0 Å². The van der Waals surface area contributed by atoms with E-state index in [9.17, 15) is 0 Å². The molecule has 0 saturated carbocycles. The summed E-state index contributed by atoms with van der Waals surface area (Å²) in [6.45, 7) is 14.7. The molecule has 2 heterocycles. The third-order valence-corrected chi connectivity index (χ3v) is 15.3. The van der Waals surface area contributed by atoms with Gasteiger partial charge in [0.25, 0.3) is 0 Å². The van der Waals surface area contributed by atoms with Crippen LogP contribution in [-0.2, 0) is 0 Å². The van der Waals surface area contributed by atoms with Crippen LogP contribution in [0.15, 0.2) is 71.8 Å². The van der Waals surface area contributed by atoms with Crippen molar-refractivity contribution >= 4 is 42.9 Å². The van der Waals surface area contributed by atoms with E-state index in [-0.39, 0.29) is 0 Å². The van der Waals surface area contributed by atoms with Gasteiger partial charge in [0.1, 0.15) is 0 Å². The molecule has 4 aromatic rings. The fourth-order valence-corrected chi connectivity index (χ4v) is 16.0. The van der Waals surface area contributed by atoms with Crippen LogP contribution < -0.4 is 0 Å². The molecule has 0 saturated heterocycles. The van der Waals surface area contributed by atoms with Gasteiger partial charge in [0.05, 0.1) is 8.07 Å². The van der Waals surface area contributed by atoms with Gasteiger partial charge in [-0.15, -0.1) is 22.7 Å². The number of hydrogen-bond acceptors (Lipinski definition) is 2. The Bertz CT molecular complexity index is 1380. The van der Waals surface area contributed by atoms with Crippen molar-refractivity contribution in [2.24, 2.45) is 0 Å². The van der Waals surface area contributed by atoms with Crippen LogP contribution in [0.25, 0.3) is 34.4 Å².